The molecule has 1 saturated heterocycles. The van der Waals surface area contributed by atoms with Crippen molar-refractivity contribution in [1.29, 1.82) is 0 Å². The highest BCUT2D eigenvalue weighted by Crippen LogP contribution is 2.46. The van der Waals surface area contributed by atoms with Crippen LogP contribution in [0.2, 0.25) is 0 Å². The number of H-pyrrole nitrogens is 2. The summed E-state index contributed by atoms with van der Waals surface area (Å²) in [6.07, 6.45) is -5.59. The van der Waals surface area contributed by atoms with Gasteiger partial charge in [0, 0.05) is 31.9 Å². The van der Waals surface area contributed by atoms with Crippen molar-refractivity contribution in [3.63, 3.8) is 0 Å². The second-order valence-corrected chi connectivity index (χ2v) is 11.8. The number of amides is 2. The first-order valence-electron chi connectivity index (χ1n) is 15.5. The summed E-state index contributed by atoms with van der Waals surface area (Å²) in [6.45, 7) is 4.10. The second kappa shape index (κ2) is 12.2. The Morgan fingerprint density at radius 1 is 1.15 bits per heavy atom. The Bertz CT molecular complexity index is 1910. The Balaban J connectivity index is 1.06. The fraction of sp³-hybridized carbons (Fsp3) is 0.375. The molecule has 16 heteroatoms. The van der Waals surface area contributed by atoms with Crippen LogP contribution in [0.25, 0.3) is 22.4 Å². The first-order chi connectivity index (χ1) is 23.0. The molecule has 0 bridgehead atoms. The van der Waals surface area contributed by atoms with E-state index >= 15 is 0 Å². The highest BCUT2D eigenvalue weighted by Gasteiger charge is 2.50. The number of aromatic nitrogens is 3. The lowest BCUT2D eigenvalue weighted by Crippen LogP contribution is -2.47. The molecular weight excluding hydrogens is 637 g/mol. The third-order valence-electron chi connectivity index (χ3n) is 8.72. The van der Waals surface area contributed by atoms with Crippen LogP contribution >= 0.6 is 0 Å². The van der Waals surface area contributed by atoms with Gasteiger partial charge in [-0.15, -0.1) is 0 Å². The number of aliphatic hydroxyl groups excluding tert-OH is 1. The lowest BCUT2D eigenvalue weighted by Gasteiger charge is -2.35. The van der Waals surface area contributed by atoms with Crippen LogP contribution in [0.3, 0.4) is 0 Å². The number of alkyl halides is 3. The molecular formula is C32H31F3N6O7. The molecule has 5 heterocycles. The predicted octanol–water partition coefficient (Wildman–Crippen LogP) is 3.51. The summed E-state index contributed by atoms with van der Waals surface area (Å²) in [5.74, 6) is -1.52. The van der Waals surface area contributed by atoms with Crippen LogP contribution < -0.4 is 25.1 Å². The highest BCUT2D eigenvalue weighted by atomic mass is 19.3. The fourth-order valence-electron chi connectivity index (χ4n) is 6.21. The van der Waals surface area contributed by atoms with Crippen LogP contribution in [0.1, 0.15) is 40.5 Å². The summed E-state index contributed by atoms with van der Waals surface area (Å²) in [6, 6.07) is 8.45. The summed E-state index contributed by atoms with van der Waals surface area (Å²) >= 11 is 0. The van der Waals surface area contributed by atoms with Crippen molar-refractivity contribution in [2.24, 2.45) is 0 Å². The topological polar surface area (TPSA) is 162 Å². The van der Waals surface area contributed by atoms with Crippen molar-refractivity contribution in [3.8, 4) is 28.6 Å². The summed E-state index contributed by atoms with van der Waals surface area (Å²) in [7, 11) is 0. The average molecular weight is 669 g/mol. The van der Waals surface area contributed by atoms with E-state index < -0.39 is 29.9 Å². The number of halogens is 3. The van der Waals surface area contributed by atoms with Crippen molar-refractivity contribution in [2.45, 2.75) is 44.4 Å². The summed E-state index contributed by atoms with van der Waals surface area (Å²) in [5.41, 5.74) is 1.27. The molecule has 0 aliphatic carbocycles. The Morgan fingerprint density at radius 2 is 1.90 bits per heavy atom. The van der Waals surface area contributed by atoms with E-state index in [1.807, 2.05) is 0 Å². The van der Waals surface area contributed by atoms with Crippen LogP contribution in [-0.2, 0) is 0 Å². The van der Waals surface area contributed by atoms with Gasteiger partial charge in [0.2, 0.25) is 5.75 Å². The molecule has 3 aliphatic rings. The number of nitrogens with one attached hydrogen (secondary N) is 3. The Morgan fingerprint density at radius 3 is 2.65 bits per heavy atom. The number of benzene rings is 2. The van der Waals surface area contributed by atoms with Gasteiger partial charge in [-0.05, 0) is 49.7 Å². The number of carbonyl (C=O) groups is 2. The number of aromatic amines is 2. The zero-order valence-corrected chi connectivity index (χ0v) is 25.6. The molecule has 0 saturated carbocycles. The lowest BCUT2D eigenvalue weighted by molar-refractivity contribution is -0.282. The molecule has 2 amide bonds. The maximum Gasteiger partial charge on any atom is 0.468 e. The molecule has 0 spiro atoms. The number of rotatable bonds is 9. The predicted molar refractivity (Wildman–Crippen MR) is 165 cm³/mol. The van der Waals surface area contributed by atoms with Crippen molar-refractivity contribution < 1.29 is 42.1 Å². The quantitative estimate of drug-likeness (QED) is 0.194. The van der Waals surface area contributed by atoms with Crippen molar-refractivity contribution in [1.82, 2.24) is 24.8 Å². The van der Waals surface area contributed by atoms with Crippen LogP contribution in [-0.4, -0.2) is 99.1 Å². The number of imide groups is 1. The maximum absolute atomic E-state index is 13.7. The van der Waals surface area contributed by atoms with Crippen LogP contribution in [0.15, 0.2) is 47.4 Å². The molecule has 1 fully saturated rings. The van der Waals surface area contributed by atoms with E-state index in [1.165, 1.54) is 29.3 Å². The van der Waals surface area contributed by atoms with E-state index in [4.69, 9.17) is 4.74 Å². The number of piperidine rings is 1. The molecule has 1 unspecified atom stereocenters. The zero-order valence-electron chi connectivity index (χ0n) is 25.6. The molecule has 2 aromatic carbocycles. The van der Waals surface area contributed by atoms with E-state index in [2.05, 4.69) is 41.6 Å². The summed E-state index contributed by atoms with van der Waals surface area (Å²) in [4.78, 5) is 53.6. The van der Waals surface area contributed by atoms with Gasteiger partial charge >= 0.3 is 12.5 Å². The third kappa shape index (κ3) is 5.60. The minimum Gasteiger partial charge on any atom is -0.487 e. The molecule has 3 aliphatic heterocycles. The van der Waals surface area contributed by atoms with Gasteiger partial charge in [-0.25, -0.2) is 4.98 Å². The van der Waals surface area contributed by atoms with E-state index in [0.717, 1.165) is 19.6 Å². The number of hydrogen-bond donors (Lipinski definition) is 4. The normalized spacial score (nSPS) is 19.9. The molecule has 4 N–H and O–H groups in total. The molecule has 48 heavy (non-hydrogen) atoms. The van der Waals surface area contributed by atoms with Crippen LogP contribution in [0, 0.1) is 0 Å². The monoisotopic (exact) mass is 668 g/mol. The number of hydrogen-bond acceptors (Lipinski definition) is 10. The number of fused-ring (bicyclic) bond motifs is 3. The zero-order chi connectivity index (χ0) is 33.7. The van der Waals surface area contributed by atoms with E-state index in [0.29, 0.717) is 29.6 Å². The molecule has 0 radical (unpaired) electrons. The van der Waals surface area contributed by atoms with Crippen molar-refractivity contribution in [2.75, 3.05) is 38.1 Å². The number of pyridine rings is 1. The molecule has 2 aromatic heterocycles. The van der Waals surface area contributed by atoms with E-state index in [9.17, 15) is 32.7 Å². The lowest BCUT2D eigenvalue weighted by atomic mass is 10.0. The van der Waals surface area contributed by atoms with E-state index in [1.54, 1.807) is 18.2 Å². The smallest absolute Gasteiger partial charge is 0.468 e. The molecule has 2 atom stereocenters. The van der Waals surface area contributed by atoms with Gasteiger partial charge in [0.15, 0.2) is 11.5 Å². The Hall–Kier alpha value is -5.09. The van der Waals surface area contributed by atoms with Gasteiger partial charge in [-0.3, -0.25) is 19.3 Å². The first-order valence-corrected chi connectivity index (χ1v) is 15.5. The standard InChI is InChI=1S/C32H31F3N6O7/c1-2-40-10-7-16(8-11-40)41-29(44)18-12-21-22(13-19(18)30(41)45)39-27(38-21)25-20(6-9-36-28(25)43)37-14-17(42)15-46-23-4-3-5-24-26(23)48-32(34,35)31(33)47-24/h3-6,9,12-13,16-17,31,42H,2,7-8,10-11,14-15H2,1H3,(H,38,39)(H2,36,37,43)/t17-,31?/m1/s1. The molecule has 4 aromatic rings. The van der Waals surface area contributed by atoms with Gasteiger partial charge in [-0.1, -0.05) is 13.0 Å². The van der Waals surface area contributed by atoms with E-state index in [-0.39, 0.29) is 65.0 Å². The minimum atomic E-state index is -4.22. The van der Waals surface area contributed by atoms with Crippen molar-refractivity contribution >= 4 is 28.5 Å². The largest absolute Gasteiger partial charge is 0.487 e. The first kappa shape index (κ1) is 31.5. The van der Waals surface area contributed by atoms with Crippen molar-refractivity contribution in [3.05, 3.63) is 64.1 Å². The number of para-hydroxylation sites is 1. The summed E-state index contributed by atoms with van der Waals surface area (Å²) < 4.78 is 55.5. The third-order valence-corrected chi connectivity index (χ3v) is 8.72. The number of aliphatic hydroxyl groups is 1. The summed E-state index contributed by atoms with van der Waals surface area (Å²) in [5, 5.41) is 13.6. The number of carbonyl (C=O) groups excluding carboxylic acids is 2. The Kier molecular flexibility index (Phi) is 7.99. The van der Waals surface area contributed by atoms with Gasteiger partial charge in [0.25, 0.3) is 17.4 Å². The number of likely N-dealkylation sites (tertiary alicyclic amines) is 1. The van der Waals surface area contributed by atoms with Crippen LogP contribution in [0.4, 0.5) is 18.9 Å². The second-order valence-electron chi connectivity index (χ2n) is 11.8. The van der Waals surface area contributed by atoms with Crippen LogP contribution in [0.5, 0.6) is 17.2 Å². The highest BCUT2D eigenvalue weighted by molar-refractivity contribution is 6.23. The van der Waals surface area contributed by atoms with Gasteiger partial charge in [-0.2, -0.15) is 13.2 Å². The number of nitrogens with zero attached hydrogens (tertiary/aromatic N) is 3. The Labute approximate surface area is 270 Å². The fourth-order valence-corrected chi connectivity index (χ4v) is 6.21. The number of imidazole rings is 1. The molecule has 13 nitrogen and oxygen atoms in total. The SMILES string of the molecule is CCN1CCC(N2C(=O)c3cc4nc(-c5c(NC[C@@H](O)COc6cccc7c6OC(F)(F)C(F)O7)cc[nH]c5=O)[nH]c4cc3C2=O)CC1. The number of anilines is 1. The van der Waals surface area contributed by atoms with Gasteiger partial charge in [0.1, 0.15) is 24.1 Å². The maximum atomic E-state index is 13.7. The van der Waals surface area contributed by atoms with Gasteiger partial charge in [0.05, 0.1) is 27.8 Å². The average Bonchev–Trinajstić information content (AvgIpc) is 3.59. The molecule has 7 rings (SSSR count). The number of ether oxygens (including phenoxy) is 3. The minimum absolute atomic E-state index is 0.106. The molecule has 252 valence electrons. The van der Waals surface area contributed by atoms with Gasteiger partial charge < -0.3 is 39.5 Å².